The molecule has 0 saturated carbocycles. The molecular formula is C16H10BrClN2OS. The van der Waals surface area contributed by atoms with Crippen LogP contribution in [0.3, 0.4) is 0 Å². The summed E-state index contributed by atoms with van der Waals surface area (Å²) in [6, 6.07) is 14.7. The number of nitrogens with one attached hydrogen (secondary N) is 1. The summed E-state index contributed by atoms with van der Waals surface area (Å²) in [6.45, 7) is 0. The molecule has 1 heterocycles. The summed E-state index contributed by atoms with van der Waals surface area (Å²) in [6.07, 6.45) is 1.78. The molecule has 0 spiro atoms. The monoisotopic (exact) mass is 392 g/mol. The van der Waals surface area contributed by atoms with E-state index in [0.717, 1.165) is 21.8 Å². The maximum Gasteiger partial charge on any atom is 0.271 e. The number of amidine groups is 1. The minimum atomic E-state index is -0.231. The highest BCUT2D eigenvalue weighted by atomic mass is 79.9. The van der Waals surface area contributed by atoms with Gasteiger partial charge in [0.2, 0.25) is 0 Å². The van der Waals surface area contributed by atoms with Gasteiger partial charge in [0, 0.05) is 4.47 Å². The quantitative estimate of drug-likeness (QED) is 0.716. The predicted molar refractivity (Wildman–Crippen MR) is 96.4 cm³/mol. The maximum absolute atomic E-state index is 12.6. The van der Waals surface area contributed by atoms with E-state index >= 15 is 0 Å². The van der Waals surface area contributed by atoms with Gasteiger partial charge in [0.05, 0.1) is 15.6 Å². The summed E-state index contributed by atoms with van der Waals surface area (Å²) < 4.78 is 0.977. The zero-order valence-corrected chi connectivity index (χ0v) is 14.4. The van der Waals surface area contributed by atoms with E-state index in [1.807, 2.05) is 24.3 Å². The van der Waals surface area contributed by atoms with Gasteiger partial charge in [-0.1, -0.05) is 51.8 Å². The second kappa shape index (κ2) is 6.28. The first-order valence-corrected chi connectivity index (χ1v) is 8.37. The number of carbonyl (C=O) groups is 1. The molecule has 1 N–H and O–H groups in total. The summed E-state index contributed by atoms with van der Waals surface area (Å²) >= 11 is 10.6. The van der Waals surface area contributed by atoms with E-state index in [1.165, 1.54) is 4.90 Å². The standard InChI is InChI=1S/C16H10BrClN2OS/c17-11-7-5-10(6-8-11)9-14-15(21)20(16(19)22-14)13-4-2-1-3-12(13)18/h1-9,19H/b14-9-,19-16?. The first-order chi connectivity index (χ1) is 10.6. The lowest BCUT2D eigenvalue weighted by Gasteiger charge is -2.15. The van der Waals surface area contributed by atoms with Gasteiger partial charge in [0.25, 0.3) is 5.91 Å². The Morgan fingerprint density at radius 3 is 2.50 bits per heavy atom. The van der Waals surface area contributed by atoms with Gasteiger partial charge in [-0.2, -0.15) is 0 Å². The molecule has 0 bridgehead atoms. The van der Waals surface area contributed by atoms with Crippen molar-refractivity contribution in [1.82, 2.24) is 0 Å². The van der Waals surface area contributed by atoms with Crippen molar-refractivity contribution in [3.8, 4) is 0 Å². The van der Waals surface area contributed by atoms with Crippen molar-refractivity contribution in [3.63, 3.8) is 0 Å². The Hall–Kier alpha value is -1.56. The molecule has 0 radical (unpaired) electrons. The van der Waals surface area contributed by atoms with Crippen molar-refractivity contribution in [2.45, 2.75) is 0 Å². The lowest BCUT2D eigenvalue weighted by atomic mass is 10.2. The van der Waals surface area contributed by atoms with Crippen LogP contribution < -0.4 is 4.90 Å². The number of para-hydroxylation sites is 1. The molecule has 3 rings (SSSR count). The number of hydrogen-bond donors (Lipinski definition) is 1. The molecule has 0 atom stereocenters. The minimum Gasteiger partial charge on any atom is -0.278 e. The Kier molecular flexibility index (Phi) is 4.38. The Bertz CT molecular complexity index is 789. The lowest BCUT2D eigenvalue weighted by Crippen LogP contribution is -2.28. The van der Waals surface area contributed by atoms with Gasteiger partial charge in [0.15, 0.2) is 5.17 Å². The van der Waals surface area contributed by atoms with E-state index in [4.69, 9.17) is 17.0 Å². The van der Waals surface area contributed by atoms with E-state index in [2.05, 4.69) is 15.9 Å². The van der Waals surface area contributed by atoms with Gasteiger partial charge in [-0.05, 0) is 47.7 Å². The normalized spacial score (nSPS) is 16.6. The number of carbonyl (C=O) groups excluding carboxylic acids is 1. The van der Waals surface area contributed by atoms with Crippen LogP contribution in [0.4, 0.5) is 5.69 Å². The van der Waals surface area contributed by atoms with E-state index in [1.54, 1.807) is 30.3 Å². The third kappa shape index (κ3) is 2.97. The number of hydrogen-bond acceptors (Lipinski definition) is 3. The fourth-order valence-corrected chi connectivity index (χ4v) is 3.39. The molecule has 1 fully saturated rings. The minimum absolute atomic E-state index is 0.154. The summed E-state index contributed by atoms with van der Waals surface area (Å²) in [7, 11) is 0. The fourth-order valence-electron chi connectivity index (χ4n) is 2.05. The molecular weight excluding hydrogens is 384 g/mol. The molecule has 0 aromatic heterocycles. The number of amides is 1. The van der Waals surface area contributed by atoms with Gasteiger partial charge in [-0.25, -0.2) is 0 Å². The second-order valence-corrected chi connectivity index (χ2v) is 6.91. The van der Waals surface area contributed by atoms with Crippen molar-refractivity contribution in [3.05, 3.63) is 68.5 Å². The molecule has 2 aromatic carbocycles. The summed E-state index contributed by atoms with van der Waals surface area (Å²) in [4.78, 5) is 14.4. The molecule has 6 heteroatoms. The van der Waals surface area contributed by atoms with Crippen LogP contribution in [0.25, 0.3) is 6.08 Å². The number of thioether (sulfide) groups is 1. The van der Waals surface area contributed by atoms with Crippen LogP contribution in [0.15, 0.2) is 57.9 Å². The van der Waals surface area contributed by atoms with Crippen LogP contribution in [0.5, 0.6) is 0 Å². The molecule has 2 aromatic rings. The van der Waals surface area contributed by atoms with Crippen LogP contribution >= 0.6 is 39.3 Å². The number of halogens is 2. The van der Waals surface area contributed by atoms with Crippen LogP contribution in [0.1, 0.15) is 5.56 Å². The Labute approximate surface area is 145 Å². The number of nitrogens with zero attached hydrogens (tertiary/aromatic N) is 1. The van der Waals surface area contributed by atoms with Gasteiger partial charge in [0.1, 0.15) is 0 Å². The fraction of sp³-hybridized carbons (Fsp3) is 0. The van der Waals surface area contributed by atoms with Gasteiger partial charge < -0.3 is 0 Å². The van der Waals surface area contributed by atoms with Crippen molar-refractivity contribution in [1.29, 1.82) is 5.41 Å². The first kappa shape index (κ1) is 15.3. The summed E-state index contributed by atoms with van der Waals surface area (Å²) in [5.74, 6) is -0.231. The van der Waals surface area contributed by atoms with Crippen LogP contribution in [-0.2, 0) is 4.79 Å². The average molecular weight is 394 g/mol. The Balaban J connectivity index is 1.95. The number of rotatable bonds is 2. The summed E-state index contributed by atoms with van der Waals surface area (Å²) in [5, 5.41) is 8.67. The number of anilines is 1. The van der Waals surface area contributed by atoms with Gasteiger partial charge in [-0.15, -0.1) is 0 Å². The molecule has 1 aliphatic rings. The highest BCUT2D eigenvalue weighted by Crippen LogP contribution is 2.37. The van der Waals surface area contributed by atoms with Crippen LogP contribution in [-0.4, -0.2) is 11.1 Å². The zero-order chi connectivity index (χ0) is 15.7. The van der Waals surface area contributed by atoms with Crippen molar-refractivity contribution < 1.29 is 4.79 Å². The second-order valence-electron chi connectivity index (χ2n) is 4.56. The predicted octanol–water partition coefficient (Wildman–Crippen LogP) is 5.16. The van der Waals surface area contributed by atoms with Crippen molar-refractivity contribution in [2.24, 2.45) is 0 Å². The van der Waals surface area contributed by atoms with Crippen LogP contribution in [0.2, 0.25) is 5.02 Å². The molecule has 0 unspecified atom stereocenters. The van der Waals surface area contributed by atoms with E-state index in [0.29, 0.717) is 15.6 Å². The van der Waals surface area contributed by atoms with E-state index < -0.39 is 0 Å². The first-order valence-electron chi connectivity index (χ1n) is 6.39. The van der Waals surface area contributed by atoms with Crippen LogP contribution in [0, 0.1) is 5.41 Å². The van der Waals surface area contributed by atoms with E-state index in [9.17, 15) is 4.79 Å². The lowest BCUT2D eigenvalue weighted by molar-refractivity contribution is -0.113. The van der Waals surface area contributed by atoms with E-state index in [-0.39, 0.29) is 11.1 Å². The van der Waals surface area contributed by atoms with Crippen molar-refractivity contribution >= 4 is 62.1 Å². The smallest absolute Gasteiger partial charge is 0.271 e. The third-order valence-corrected chi connectivity index (χ3v) is 4.82. The molecule has 0 aliphatic carbocycles. The molecule has 1 amide bonds. The molecule has 110 valence electrons. The topological polar surface area (TPSA) is 44.2 Å². The number of benzene rings is 2. The SMILES string of the molecule is N=C1S/C(=C\c2ccc(Br)cc2)C(=O)N1c1ccccc1Cl. The molecule has 1 aliphatic heterocycles. The largest absolute Gasteiger partial charge is 0.278 e. The highest BCUT2D eigenvalue weighted by Gasteiger charge is 2.34. The molecule has 3 nitrogen and oxygen atoms in total. The zero-order valence-electron chi connectivity index (χ0n) is 11.2. The van der Waals surface area contributed by atoms with Gasteiger partial charge >= 0.3 is 0 Å². The summed E-state index contributed by atoms with van der Waals surface area (Å²) in [5.41, 5.74) is 1.44. The van der Waals surface area contributed by atoms with Crippen molar-refractivity contribution in [2.75, 3.05) is 4.90 Å². The Morgan fingerprint density at radius 1 is 1.14 bits per heavy atom. The van der Waals surface area contributed by atoms with Gasteiger partial charge in [-0.3, -0.25) is 15.1 Å². The molecule has 1 saturated heterocycles. The molecule has 22 heavy (non-hydrogen) atoms. The Morgan fingerprint density at radius 2 is 1.82 bits per heavy atom. The average Bonchev–Trinajstić information content (AvgIpc) is 2.77. The maximum atomic E-state index is 12.6. The highest BCUT2D eigenvalue weighted by molar-refractivity contribution is 9.10. The third-order valence-electron chi connectivity index (χ3n) is 3.08.